The molecular weight excluding hydrogens is 222 g/mol. The van der Waals surface area contributed by atoms with Crippen molar-refractivity contribution in [3.63, 3.8) is 0 Å². The molecule has 0 saturated carbocycles. The van der Waals surface area contributed by atoms with E-state index in [2.05, 4.69) is 15.9 Å². The van der Waals surface area contributed by atoms with Crippen LogP contribution in [0.4, 0.5) is 0 Å². The first-order chi connectivity index (χ1) is 5.18. The molecule has 0 heterocycles. The second-order valence-corrected chi connectivity index (χ2v) is 3.43. The number of hydrogen-bond acceptors (Lipinski definition) is 0. The molecule has 0 atom stereocenters. The maximum Gasteiger partial charge on any atom is 0.124 e. The highest BCUT2D eigenvalue weighted by molar-refractivity contribution is 9.12. The molecular formula is C8H5BBrCl. The van der Waals surface area contributed by atoms with Crippen LogP contribution in [0.5, 0.6) is 0 Å². The summed E-state index contributed by atoms with van der Waals surface area (Å²) in [6.45, 7) is 0. The van der Waals surface area contributed by atoms with E-state index in [1.807, 2.05) is 30.3 Å². The molecule has 0 aromatic heterocycles. The van der Waals surface area contributed by atoms with Gasteiger partial charge < -0.3 is 0 Å². The Kier molecular flexibility index (Phi) is 3.22. The van der Waals surface area contributed by atoms with Gasteiger partial charge in [-0.3, -0.25) is 0 Å². The molecule has 11 heavy (non-hydrogen) atoms. The summed E-state index contributed by atoms with van der Waals surface area (Å²) < 4.78 is 0.611. The van der Waals surface area contributed by atoms with Crippen molar-refractivity contribution in [1.29, 1.82) is 0 Å². The average molecular weight is 227 g/mol. The summed E-state index contributed by atoms with van der Waals surface area (Å²) in [6, 6.07) is 7.44. The number of benzene rings is 1. The normalized spacial score (nSPS) is 11.6. The van der Waals surface area contributed by atoms with Crippen LogP contribution in [0.25, 0.3) is 6.08 Å². The van der Waals surface area contributed by atoms with Gasteiger partial charge in [-0.05, 0) is 17.7 Å². The molecule has 0 bridgehead atoms. The number of halogens is 2. The minimum absolute atomic E-state index is 0.611. The zero-order valence-corrected chi connectivity index (χ0v) is 8.06. The molecule has 0 saturated heterocycles. The number of hydrogen-bond donors (Lipinski definition) is 0. The topological polar surface area (TPSA) is 0 Å². The Morgan fingerprint density at radius 3 is 2.36 bits per heavy atom. The van der Waals surface area contributed by atoms with E-state index in [1.54, 1.807) is 0 Å². The van der Waals surface area contributed by atoms with Crippen LogP contribution in [0.2, 0.25) is 5.02 Å². The Morgan fingerprint density at radius 1 is 1.36 bits per heavy atom. The Balaban J connectivity index is 2.91. The molecule has 0 aliphatic heterocycles. The summed E-state index contributed by atoms with van der Waals surface area (Å²) in [4.78, 5) is 0. The van der Waals surface area contributed by atoms with E-state index in [0.717, 1.165) is 10.6 Å². The van der Waals surface area contributed by atoms with Crippen molar-refractivity contribution in [1.82, 2.24) is 0 Å². The Hall–Kier alpha value is -0.205. The monoisotopic (exact) mass is 226 g/mol. The van der Waals surface area contributed by atoms with Crippen LogP contribution in [0.15, 0.2) is 28.6 Å². The average Bonchev–Trinajstić information content (AvgIpc) is 1.93. The molecule has 1 aromatic rings. The van der Waals surface area contributed by atoms with Gasteiger partial charge in [0.05, 0.1) is 0 Å². The highest BCUT2D eigenvalue weighted by Gasteiger charge is 1.87. The van der Waals surface area contributed by atoms with Crippen molar-refractivity contribution in [2.45, 2.75) is 0 Å². The van der Waals surface area contributed by atoms with Crippen LogP contribution in [0.1, 0.15) is 5.56 Å². The molecule has 2 radical (unpaired) electrons. The lowest BCUT2D eigenvalue weighted by Gasteiger charge is -1.93. The smallest absolute Gasteiger partial charge is 0.0843 e. The quantitative estimate of drug-likeness (QED) is 0.646. The fourth-order valence-electron chi connectivity index (χ4n) is 0.718. The van der Waals surface area contributed by atoms with Gasteiger partial charge in [-0.25, -0.2) is 0 Å². The Morgan fingerprint density at radius 2 is 1.91 bits per heavy atom. The van der Waals surface area contributed by atoms with Gasteiger partial charge >= 0.3 is 0 Å². The molecule has 0 amide bonds. The van der Waals surface area contributed by atoms with Crippen molar-refractivity contribution >= 4 is 41.5 Å². The van der Waals surface area contributed by atoms with E-state index in [-0.39, 0.29) is 0 Å². The van der Waals surface area contributed by atoms with Crippen LogP contribution < -0.4 is 0 Å². The fraction of sp³-hybridized carbons (Fsp3) is 0. The first-order valence-electron chi connectivity index (χ1n) is 3.07. The third-order valence-electron chi connectivity index (χ3n) is 1.17. The minimum atomic E-state index is 0.611. The largest absolute Gasteiger partial charge is 0.124 e. The molecule has 0 aliphatic carbocycles. The van der Waals surface area contributed by atoms with Gasteiger partial charge in [0.15, 0.2) is 0 Å². The van der Waals surface area contributed by atoms with E-state index in [4.69, 9.17) is 19.4 Å². The first kappa shape index (κ1) is 8.89. The van der Waals surface area contributed by atoms with Crippen molar-refractivity contribution in [3.05, 3.63) is 39.2 Å². The molecule has 1 rings (SSSR count). The van der Waals surface area contributed by atoms with Crippen LogP contribution in [0.3, 0.4) is 0 Å². The first-order valence-corrected chi connectivity index (χ1v) is 4.24. The van der Waals surface area contributed by atoms with Crippen molar-refractivity contribution in [2.75, 3.05) is 0 Å². The zero-order chi connectivity index (χ0) is 8.27. The highest BCUT2D eigenvalue weighted by Crippen LogP contribution is 2.13. The van der Waals surface area contributed by atoms with E-state index in [9.17, 15) is 0 Å². The maximum absolute atomic E-state index is 5.68. The summed E-state index contributed by atoms with van der Waals surface area (Å²) in [5.41, 5.74) is 1.03. The third kappa shape index (κ3) is 3.13. The fourth-order valence-corrected chi connectivity index (χ4v) is 1.11. The van der Waals surface area contributed by atoms with Crippen molar-refractivity contribution in [3.8, 4) is 0 Å². The summed E-state index contributed by atoms with van der Waals surface area (Å²) >= 11 is 8.82. The molecule has 1 aromatic carbocycles. The lowest BCUT2D eigenvalue weighted by molar-refractivity contribution is 1.66. The summed E-state index contributed by atoms with van der Waals surface area (Å²) in [7, 11) is 5.41. The van der Waals surface area contributed by atoms with Gasteiger partial charge in [0.1, 0.15) is 7.85 Å². The molecule has 0 fully saturated rings. The molecule has 0 unspecified atom stereocenters. The standard InChI is InChI=1S/C8H5BBrCl/c9-8(10)5-6-1-3-7(11)4-2-6/h1-5H/b8-5+. The van der Waals surface area contributed by atoms with E-state index >= 15 is 0 Å². The van der Waals surface area contributed by atoms with Gasteiger partial charge in [0.2, 0.25) is 0 Å². The Bertz CT molecular complexity index is 262. The van der Waals surface area contributed by atoms with Crippen LogP contribution >= 0.6 is 27.5 Å². The summed E-state index contributed by atoms with van der Waals surface area (Å²) in [6.07, 6.45) is 1.82. The lowest BCUT2D eigenvalue weighted by atomic mass is 10.1. The SMILES string of the molecule is [B]/C(Br)=C\c1ccc(Cl)cc1. The highest BCUT2D eigenvalue weighted by atomic mass is 79.9. The van der Waals surface area contributed by atoms with Gasteiger partial charge in [0, 0.05) is 5.02 Å². The zero-order valence-electron chi connectivity index (χ0n) is 5.72. The van der Waals surface area contributed by atoms with Gasteiger partial charge in [-0.1, -0.05) is 50.1 Å². The number of rotatable bonds is 1. The van der Waals surface area contributed by atoms with Crippen LogP contribution in [0, 0.1) is 0 Å². The molecule has 0 nitrogen and oxygen atoms in total. The predicted octanol–water partition coefficient (Wildman–Crippen LogP) is 3.20. The molecule has 3 heteroatoms. The molecule has 0 spiro atoms. The second kappa shape index (κ2) is 3.98. The Labute approximate surface area is 80.8 Å². The van der Waals surface area contributed by atoms with E-state index in [1.165, 1.54) is 0 Å². The third-order valence-corrected chi connectivity index (χ3v) is 1.66. The van der Waals surface area contributed by atoms with Gasteiger partial charge in [-0.2, -0.15) is 0 Å². The van der Waals surface area contributed by atoms with E-state index in [0.29, 0.717) is 4.38 Å². The van der Waals surface area contributed by atoms with Crippen molar-refractivity contribution in [2.24, 2.45) is 0 Å². The van der Waals surface area contributed by atoms with Gasteiger partial charge in [-0.15, -0.1) is 0 Å². The summed E-state index contributed by atoms with van der Waals surface area (Å²) in [5.74, 6) is 0. The van der Waals surface area contributed by atoms with Crippen molar-refractivity contribution < 1.29 is 0 Å². The summed E-state index contributed by atoms with van der Waals surface area (Å²) in [5, 5.41) is 0.732. The maximum atomic E-state index is 5.68. The second-order valence-electron chi connectivity index (χ2n) is 2.08. The lowest BCUT2D eigenvalue weighted by Crippen LogP contribution is -1.72. The van der Waals surface area contributed by atoms with Crippen LogP contribution in [-0.2, 0) is 0 Å². The van der Waals surface area contributed by atoms with E-state index < -0.39 is 0 Å². The molecule has 0 aliphatic rings. The van der Waals surface area contributed by atoms with Crippen LogP contribution in [-0.4, -0.2) is 7.85 Å². The minimum Gasteiger partial charge on any atom is -0.0843 e. The molecule has 0 N–H and O–H groups in total. The molecule has 54 valence electrons. The predicted molar refractivity (Wildman–Crippen MR) is 54.1 cm³/mol. The van der Waals surface area contributed by atoms with Gasteiger partial charge in [0.25, 0.3) is 0 Å².